The first-order valence-electron chi connectivity index (χ1n) is 8.98. The highest BCUT2D eigenvalue weighted by molar-refractivity contribution is 5.80. The highest BCUT2D eigenvalue weighted by Gasteiger charge is 2.41. The van der Waals surface area contributed by atoms with E-state index in [1.807, 2.05) is 31.2 Å². The molecular weight excluding hydrogens is 350 g/mol. The number of carboxylic acid groups (broad SMARTS) is 1. The van der Waals surface area contributed by atoms with Crippen LogP contribution in [0.5, 0.6) is 5.75 Å². The summed E-state index contributed by atoms with van der Waals surface area (Å²) in [7, 11) is 0. The number of benzene rings is 1. The summed E-state index contributed by atoms with van der Waals surface area (Å²) in [6.07, 6.45) is 1.00. The second-order valence-corrected chi connectivity index (χ2v) is 6.90. The monoisotopic (exact) mass is 373 g/mol. The van der Waals surface area contributed by atoms with Gasteiger partial charge in [0.2, 0.25) is 17.6 Å². The van der Waals surface area contributed by atoms with Crippen molar-refractivity contribution in [3.63, 3.8) is 0 Å². The van der Waals surface area contributed by atoms with Gasteiger partial charge in [0.1, 0.15) is 5.75 Å². The van der Waals surface area contributed by atoms with E-state index in [4.69, 9.17) is 9.26 Å². The molecule has 1 N–H and O–H groups in total. The number of carboxylic acids is 1. The van der Waals surface area contributed by atoms with Gasteiger partial charge >= 0.3 is 5.97 Å². The van der Waals surface area contributed by atoms with E-state index in [9.17, 15) is 14.7 Å². The summed E-state index contributed by atoms with van der Waals surface area (Å²) in [5.41, 5.74) is -0.0578. The number of hydrogen-bond acceptors (Lipinski definition) is 6. The molecule has 1 aliphatic rings. The smallest absolute Gasteiger partial charge is 0.311 e. The number of likely N-dealkylation sites (tertiary alicyclic amines) is 1. The van der Waals surface area contributed by atoms with Crippen LogP contribution in [0.1, 0.15) is 32.6 Å². The van der Waals surface area contributed by atoms with Crippen molar-refractivity contribution in [2.45, 2.75) is 33.1 Å². The molecule has 0 bridgehead atoms. The predicted octanol–water partition coefficient (Wildman–Crippen LogP) is 2.39. The molecule has 1 saturated heterocycles. The van der Waals surface area contributed by atoms with Gasteiger partial charge in [0.25, 0.3) is 0 Å². The number of amides is 1. The lowest BCUT2D eigenvalue weighted by Crippen LogP contribution is -2.34. The highest BCUT2D eigenvalue weighted by atomic mass is 16.5. The van der Waals surface area contributed by atoms with Gasteiger partial charge in [-0.3, -0.25) is 9.59 Å². The van der Waals surface area contributed by atoms with Crippen molar-refractivity contribution in [3.8, 4) is 17.1 Å². The molecule has 2 aromatic rings. The summed E-state index contributed by atoms with van der Waals surface area (Å²) >= 11 is 0. The Morgan fingerprint density at radius 1 is 1.33 bits per heavy atom. The van der Waals surface area contributed by atoms with Crippen LogP contribution in [0.3, 0.4) is 0 Å². The molecule has 0 spiro atoms. The van der Waals surface area contributed by atoms with Crippen molar-refractivity contribution in [1.29, 1.82) is 0 Å². The molecule has 1 fully saturated rings. The van der Waals surface area contributed by atoms with Crippen LogP contribution >= 0.6 is 0 Å². The van der Waals surface area contributed by atoms with Gasteiger partial charge in [-0.1, -0.05) is 5.16 Å². The molecule has 27 heavy (non-hydrogen) atoms. The van der Waals surface area contributed by atoms with Crippen molar-refractivity contribution >= 4 is 11.9 Å². The standard InChI is InChI=1S/C19H23N3O5/c1-3-26-14-6-4-13(5-7-14)17-20-15(27-21-17)8-9-16(23)22-11-10-19(2,12-22)18(24)25/h4-7H,3,8-12H2,1-2H3,(H,24,25)/t19-/m0/s1. The van der Waals surface area contributed by atoms with Crippen LogP contribution in [0.25, 0.3) is 11.4 Å². The number of carbonyl (C=O) groups excluding carboxylic acids is 1. The zero-order valence-electron chi connectivity index (χ0n) is 15.5. The van der Waals surface area contributed by atoms with Gasteiger partial charge in [0.05, 0.1) is 12.0 Å². The highest BCUT2D eigenvalue weighted by Crippen LogP contribution is 2.30. The Morgan fingerprint density at radius 3 is 2.70 bits per heavy atom. The molecule has 8 heteroatoms. The maximum absolute atomic E-state index is 12.3. The van der Waals surface area contributed by atoms with Gasteiger partial charge in [-0.2, -0.15) is 4.98 Å². The summed E-state index contributed by atoms with van der Waals surface area (Å²) in [6, 6.07) is 7.37. The third-order valence-corrected chi connectivity index (χ3v) is 4.79. The Balaban J connectivity index is 1.55. The van der Waals surface area contributed by atoms with Crippen molar-refractivity contribution < 1.29 is 24.0 Å². The first-order valence-corrected chi connectivity index (χ1v) is 8.98. The van der Waals surface area contributed by atoms with E-state index < -0.39 is 11.4 Å². The van der Waals surface area contributed by atoms with Gasteiger partial charge in [-0.15, -0.1) is 0 Å². The van der Waals surface area contributed by atoms with Crippen LogP contribution in [0.15, 0.2) is 28.8 Å². The zero-order chi connectivity index (χ0) is 19.4. The number of aliphatic carboxylic acids is 1. The van der Waals surface area contributed by atoms with E-state index in [-0.39, 0.29) is 18.9 Å². The molecule has 1 aromatic carbocycles. The first-order chi connectivity index (χ1) is 12.9. The van der Waals surface area contributed by atoms with E-state index in [2.05, 4.69) is 10.1 Å². The topological polar surface area (TPSA) is 106 Å². The van der Waals surface area contributed by atoms with Crippen molar-refractivity contribution in [1.82, 2.24) is 15.0 Å². The van der Waals surface area contributed by atoms with Crippen LogP contribution < -0.4 is 4.74 Å². The minimum atomic E-state index is -0.866. The molecule has 8 nitrogen and oxygen atoms in total. The SMILES string of the molecule is CCOc1ccc(-c2noc(CCC(=O)N3CC[C@](C)(C(=O)O)C3)n2)cc1. The molecule has 3 rings (SSSR count). The normalized spacial score (nSPS) is 19.3. The number of carbonyl (C=O) groups is 2. The van der Waals surface area contributed by atoms with Crippen LogP contribution in [-0.2, 0) is 16.0 Å². The number of aromatic nitrogens is 2. The number of ether oxygens (including phenoxy) is 1. The molecule has 0 aliphatic carbocycles. The average molecular weight is 373 g/mol. The largest absolute Gasteiger partial charge is 0.494 e. The molecule has 2 heterocycles. The van der Waals surface area contributed by atoms with Crippen LogP contribution in [0, 0.1) is 5.41 Å². The van der Waals surface area contributed by atoms with Crippen LogP contribution in [0.2, 0.25) is 0 Å². The summed E-state index contributed by atoms with van der Waals surface area (Å²) in [5.74, 6) is 0.651. The Labute approximate surface area is 157 Å². The zero-order valence-corrected chi connectivity index (χ0v) is 15.5. The molecular formula is C19H23N3O5. The van der Waals surface area contributed by atoms with Gasteiger partial charge in [0.15, 0.2) is 0 Å². The fourth-order valence-electron chi connectivity index (χ4n) is 3.06. The molecule has 0 unspecified atom stereocenters. The number of nitrogens with zero attached hydrogens (tertiary/aromatic N) is 3. The summed E-state index contributed by atoms with van der Waals surface area (Å²) in [5, 5.41) is 13.2. The van der Waals surface area contributed by atoms with Crippen molar-refractivity contribution in [2.24, 2.45) is 5.41 Å². The summed E-state index contributed by atoms with van der Waals surface area (Å²) < 4.78 is 10.6. The van der Waals surface area contributed by atoms with E-state index in [1.54, 1.807) is 11.8 Å². The average Bonchev–Trinajstić information content (AvgIpc) is 3.28. The predicted molar refractivity (Wildman–Crippen MR) is 96.2 cm³/mol. The van der Waals surface area contributed by atoms with E-state index in [1.165, 1.54) is 0 Å². The molecule has 0 saturated carbocycles. The molecule has 0 radical (unpaired) electrons. The molecule has 1 aliphatic heterocycles. The lowest BCUT2D eigenvalue weighted by molar-refractivity contribution is -0.147. The molecule has 1 amide bonds. The Hall–Kier alpha value is -2.90. The molecule has 1 atom stereocenters. The lowest BCUT2D eigenvalue weighted by atomic mass is 9.90. The van der Waals surface area contributed by atoms with Crippen molar-refractivity contribution in [3.05, 3.63) is 30.2 Å². The third kappa shape index (κ3) is 4.27. The minimum absolute atomic E-state index is 0.0965. The van der Waals surface area contributed by atoms with Gasteiger partial charge in [0, 0.05) is 31.5 Å². The van der Waals surface area contributed by atoms with Crippen LogP contribution in [0.4, 0.5) is 0 Å². The number of aryl methyl sites for hydroxylation is 1. The Bertz CT molecular complexity index is 817. The van der Waals surface area contributed by atoms with E-state index in [0.717, 1.165) is 11.3 Å². The van der Waals surface area contributed by atoms with Gasteiger partial charge in [-0.25, -0.2) is 0 Å². The maximum Gasteiger partial charge on any atom is 0.311 e. The Morgan fingerprint density at radius 2 is 2.07 bits per heavy atom. The number of hydrogen-bond donors (Lipinski definition) is 1. The molecule has 1 aromatic heterocycles. The second-order valence-electron chi connectivity index (χ2n) is 6.90. The molecule has 144 valence electrons. The third-order valence-electron chi connectivity index (χ3n) is 4.79. The first kappa shape index (κ1) is 18.9. The summed E-state index contributed by atoms with van der Waals surface area (Å²) in [4.78, 5) is 29.5. The van der Waals surface area contributed by atoms with E-state index in [0.29, 0.717) is 37.7 Å². The second kappa shape index (κ2) is 7.77. The summed E-state index contributed by atoms with van der Waals surface area (Å²) in [6.45, 7) is 4.89. The minimum Gasteiger partial charge on any atom is -0.494 e. The van der Waals surface area contributed by atoms with Crippen LogP contribution in [-0.4, -0.2) is 51.7 Å². The fourth-order valence-corrected chi connectivity index (χ4v) is 3.06. The fraction of sp³-hybridized carbons (Fsp3) is 0.474. The number of rotatable bonds is 7. The lowest BCUT2D eigenvalue weighted by Gasteiger charge is -2.19. The van der Waals surface area contributed by atoms with E-state index >= 15 is 0 Å². The quantitative estimate of drug-likeness (QED) is 0.794. The Kier molecular flexibility index (Phi) is 5.43. The van der Waals surface area contributed by atoms with Gasteiger partial charge in [-0.05, 0) is 44.5 Å². The maximum atomic E-state index is 12.3. The van der Waals surface area contributed by atoms with Crippen molar-refractivity contribution in [2.75, 3.05) is 19.7 Å². The van der Waals surface area contributed by atoms with Gasteiger partial charge < -0.3 is 19.3 Å².